The van der Waals surface area contributed by atoms with Gasteiger partial charge in [0.05, 0.1) is 24.3 Å². The molecule has 2 atom stereocenters. The van der Waals surface area contributed by atoms with Crippen LogP contribution < -0.4 is 15.5 Å². The number of hydrogen-bond donors (Lipinski definition) is 2. The normalized spacial score (nSPS) is 19.4. The van der Waals surface area contributed by atoms with Gasteiger partial charge in [-0.05, 0) is 43.7 Å². The average molecular weight is 422 g/mol. The SMILES string of the molecule is CC1CN(c2ccc(CNC(=O)CNc3cccc(C(F)(F)F)c3)cn2)CC(C)O1. The fourth-order valence-electron chi connectivity index (χ4n) is 3.32. The Labute approximate surface area is 173 Å². The Morgan fingerprint density at radius 1 is 1.20 bits per heavy atom. The van der Waals surface area contributed by atoms with Gasteiger partial charge in [-0.25, -0.2) is 4.98 Å². The third-order valence-electron chi connectivity index (χ3n) is 4.69. The number of halogens is 3. The maximum absolute atomic E-state index is 12.7. The number of carbonyl (C=O) groups is 1. The Kier molecular flexibility index (Phi) is 6.81. The van der Waals surface area contributed by atoms with Crippen molar-refractivity contribution in [1.82, 2.24) is 10.3 Å². The highest BCUT2D eigenvalue weighted by atomic mass is 19.4. The maximum Gasteiger partial charge on any atom is 0.416 e. The lowest BCUT2D eigenvalue weighted by Crippen LogP contribution is -2.45. The van der Waals surface area contributed by atoms with Crippen molar-refractivity contribution in [2.75, 3.05) is 29.9 Å². The Morgan fingerprint density at radius 3 is 2.57 bits per heavy atom. The zero-order chi connectivity index (χ0) is 21.7. The van der Waals surface area contributed by atoms with E-state index in [1.165, 1.54) is 12.1 Å². The van der Waals surface area contributed by atoms with E-state index in [1.54, 1.807) is 6.20 Å². The molecule has 2 N–H and O–H groups in total. The first-order valence-electron chi connectivity index (χ1n) is 9.74. The van der Waals surface area contributed by atoms with Gasteiger partial charge in [0.15, 0.2) is 0 Å². The van der Waals surface area contributed by atoms with Gasteiger partial charge in [-0.3, -0.25) is 4.79 Å². The molecule has 0 bridgehead atoms. The van der Waals surface area contributed by atoms with Crippen molar-refractivity contribution in [3.05, 3.63) is 53.7 Å². The summed E-state index contributed by atoms with van der Waals surface area (Å²) >= 11 is 0. The van der Waals surface area contributed by atoms with Gasteiger partial charge in [0.2, 0.25) is 5.91 Å². The van der Waals surface area contributed by atoms with Crippen LogP contribution in [0.25, 0.3) is 0 Å². The summed E-state index contributed by atoms with van der Waals surface area (Å²) < 4.78 is 43.9. The number of alkyl halides is 3. The van der Waals surface area contributed by atoms with Crippen molar-refractivity contribution < 1.29 is 22.7 Å². The molecule has 2 heterocycles. The standard InChI is InChI=1S/C21H25F3N4O2/c1-14-12-28(13-15(2)30-14)19-7-6-16(9-26-19)10-27-20(29)11-25-18-5-3-4-17(8-18)21(22,23)24/h3-9,14-15,25H,10-13H2,1-2H3,(H,27,29). The molecule has 9 heteroatoms. The number of pyridine rings is 1. The Bertz CT molecular complexity index is 848. The topological polar surface area (TPSA) is 66.5 Å². The Balaban J connectivity index is 1.47. The number of anilines is 2. The number of nitrogens with one attached hydrogen (secondary N) is 2. The quantitative estimate of drug-likeness (QED) is 0.747. The summed E-state index contributed by atoms with van der Waals surface area (Å²) in [6, 6.07) is 8.55. The van der Waals surface area contributed by atoms with Crippen LogP contribution in [0.1, 0.15) is 25.0 Å². The van der Waals surface area contributed by atoms with Crippen LogP contribution in [0.5, 0.6) is 0 Å². The highest BCUT2D eigenvalue weighted by Crippen LogP contribution is 2.30. The molecule has 1 aliphatic rings. The first-order valence-corrected chi connectivity index (χ1v) is 9.74. The number of benzene rings is 1. The summed E-state index contributed by atoms with van der Waals surface area (Å²) in [5, 5.41) is 5.44. The van der Waals surface area contributed by atoms with E-state index in [4.69, 9.17) is 4.74 Å². The maximum atomic E-state index is 12.7. The number of hydrogen-bond acceptors (Lipinski definition) is 5. The van der Waals surface area contributed by atoms with Crippen LogP contribution in [0.2, 0.25) is 0 Å². The van der Waals surface area contributed by atoms with Gasteiger partial charge in [-0.15, -0.1) is 0 Å². The average Bonchev–Trinajstić information content (AvgIpc) is 2.70. The van der Waals surface area contributed by atoms with Crippen molar-refractivity contribution >= 4 is 17.4 Å². The molecule has 1 aliphatic heterocycles. The molecule has 30 heavy (non-hydrogen) atoms. The fraction of sp³-hybridized carbons (Fsp3) is 0.429. The molecule has 3 rings (SSSR count). The van der Waals surface area contributed by atoms with Crippen LogP contribution in [0.3, 0.4) is 0 Å². The number of nitrogens with zero attached hydrogens (tertiary/aromatic N) is 2. The van der Waals surface area contributed by atoms with E-state index in [2.05, 4.69) is 20.5 Å². The van der Waals surface area contributed by atoms with E-state index < -0.39 is 11.7 Å². The summed E-state index contributed by atoms with van der Waals surface area (Å²) in [5.41, 5.74) is 0.309. The summed E-state index contributed by atoms with van der Waals surface area (Å²) in [7, 11) is 0. The van der Waals surface area contributed by atoms with Crippen LogP contribution >= 0.6 is 0 Å². The van der Waals surface area contributed by atoms with E-state index in [9.17, 15) is 18.0 Å². The van der Waals surface area contributed by atoms with Crippen molar-refractivity contribution in [2.24, 2.45) is 0 Å². The number of morpholine rings is 1. The third kappa shape index (κ3) is 6.09. The third-order valence-corrected chi connectivity index (χ3v) is 4.69. The predicted molar refractivity (Wildman–Crippen MR) is 108 cm³/mol. The second kappa shape index (κ2) is 9.34. The van der Waals surface area contributed by atoms with Gasteiger partial charge >= 0.3 is 6.18 Å². The second-order valence-electron chi connectivity index (χ2n) is 7.40. The van der Waals surface area contributed by atoms with E-state index in [0.717, 1.165) is 36.6 Å². The smallest absolute Gasteiger partial charge is 0.376 e. The van der Waals surface area contributed by atoms with E-state index in [1.807, 2.05) is 26.0 Å². The number of rotatable bonds is 6. The molecule has 1 saturated heterocycles. The molecular formula is C21H25F3N4O2. The monoisotopic (exact) mass is 422 g/mol. The van der Waals surface area contributed by atoms with Crippen LogP contribution in [-0.2, 0) is 22.3 Å². The number of ether oxygens (including phenoxy) is 1. The minimum Gasteiger partial charge on any atom is -0.376 e. The van der Waals surface area contributed by atoms with Crippen molar-refractivity contribution in [1.29, 1.82) is 0 Å². The van der Waals surface area contributed by atoms with E-state index >= 15 is 0 Å². The first-order chi connectivity index (χ1) is 14.2. The van der Waals surface area contributed by atoms with E-state index in [-0.39, 0.29) is 36.9 Å². The molecule has 0 saturated carbocycles. The highest BCUT2D eigenvalue weighted by Gasteiger charge is 2.30. The second-order valence-corrected chi connectivity index (χ2v) is 7.40. The summed E-state index contributed by atoms with van der Waals surface area (Å²) in [5.74, 6) is 0.533. The summed E-state index contributed by atoms with van der Waals surface area (Å²) in [4.78, 5) is 18.7. The van der Waals surface area contributed by atoms with Crippen molar-refractivity contribution in [3.63, 3.8) is 0 Å². The molecule has 0 spiro atoms. The minimum atomic E-state index is -4.42. The van der Waals surface area contributed by atoms with Crippen molar-refractivity contribution in [2.45, 2.75) is 38.8 Å². The molecule has 2 aromatic rings. The minimum absolute atomic E-state index is 0.129. The lowest BCUT2D eigenvalue weighted by atomic mass is 10.2. The molecule has 0 radical (unpaired) electrons. The van der Waals surface area contributed by atoms with Gasteiger partial charge in [-0.1, -0.05) is 12.1 Å². The molecule has 1 amide bonds. The van der Waals surface area contributed by atoms with Crippen molar-refractivity contribution in [3.8, 4) is 0 Å². The Morgan fingerprint density at radius 2 is 1.93 bits per heavy atom. The van der Waals surface area contributed by atoms with Crippen LogP contribution in [0, 0.1) is 0 Å². The molecule has 1 aromatic heterocycles. The largest absolute Gasteiger partial charge is 0.416 e. The zero-order valence-electron chi connectivity index (χ0n) is 16.9. The highest BCUT2D eigenvalue weighted by molar-refractivity contribution is 5.80. The molecular weight excluding hydrogens is 397 g/mol. The molecule has 162 valence electrons. The summed E-state index contributed by atoms with van der Waals surface area (Å²) in [6.45, 7) is 5.76. The van der Waals surface area contributed by atoms with Gasteiger partial charge < -0.3 is 20.3 Å². The van der Waals surface area contributed by atoms with Crippen LogP contribution in [-0.4, -0.2) is 42.7 Å². The first kappa shape index (κ1) is 21.9. The van der Waals surface area contributed by atoms with Gasteiger partial charge in [0.25, 0.3) is 0 Å². The van der Waals surface area contributed by atoms with Gasteiger partial charge in [-0.2, -0.15) is 13.2 Å². The zero-order valence-corrected chi connectivity index (χ0v) is 16.9. The summed E-state index contributed by atoms with van der Waals surface area (Å²) in [6.07, 6.45) is -2.44. The Hall–Kier alpha value is -2.81. The molecule has 6 nitrogen and oxygen atoms in total. The van der Waals surface area contributed by atoms with Gasteiger partial charge in [0.1, 0.15) is 5.82 Å². The molecule has 1 aromatic carbocycles. The predicted octanol–water partition coefficient (Wildman–Crippen LogP) is 3.44. The van der Waals surface area contributed by atoms with Crippen LogP contribution in [0.4, 0.5) is 24.7 Å². The number of amides is 1. The molecule has 1 fully saturated rings. The van der Waals surface area contributed by atoms with E-state index in [0.29, 0.717) is 0 Å². The van der Waals surface area contributed by atoms with Crippen LogP contribution in [0.15, 0.2) is 42.6 Å². The molecule has 2 unspecified atom stereocenters. The lowest BCUT2D eigenvalue weighted by molar-refractivity contribution is -0.137. The lowest BCUT2D eigenvalue weighted by Gasteiger charge is -2.36. The fourth-order valence-corrected chi connectivity index (χ4v) is 3.32. The number of aromatic nitrogens is 1. The molecule has 0 aliphatic carbocycles. The number of carbonyl (C=O) groups excluding carboxylic acids is 1. The van der Waals surface area contributed by atoms with Gasteiger partial charge in [0, 0.05) is 31.5 Å².